The van der Waals surface area contributed by atoms with E-state index in [0.717, 1.165) is 45.5 Å². The van der Waals surface area contributed by atoms with Gasteiger partial charge in [0, 0.05) is 25.7 Å². The van der Waals surface area contributed by atoms with Crippen LogP contribution >= 0.6 is 0 Å². The number of piperazine rings is 1. The standard InChI is InChI=1S/C28H29N3O4/c1-19-9-11-24-26(15-19)35-25-12-10-22(33-3)16-23(25)27(29-24)30-13-14-31(20(2)17-30)28(32)34-18-21-7-5-4-6-8-21/h4-12,15-16,20H,13-14,17-18H2,1-3H3/t20-/m0/s1. The van der Waals surface area contributed by atoms with E-state index in [-0.39, 0.29) is 18.7 Å². The molecule has 35 heavy (non-hydrogen) atoms. The molecule has 1 fully saturated rings. The van der Waals surface area contributed by atoms with E-state index < -0.39 is 0 Å². The smallest absolute Gasteiger partial charge is 0.410 e. The zero-order chi connectivity index (χ0) is 24.4. The number of rotatable bonds is 3. The molecule has 1 saturated heterocycles. The predicted molar refractivity (Wildman–Crippen MR) is 135 cm³/mol. The maximum absolute atomic E-state index is 12.8. The molecule has 1 atom stereocenters. The van der Waals surface area contributed by atoms with Crippen LogP contribution in [0.4, 0.5) is 10.5 Å². The number of hydrogen-bond donors (Lipinski definition) is 0. The second-order valence-corrected chi connectivity index (χ2v) is 8.90. The first-order valence-electron chi connectivity index (χ1n) is 11.8. The van der Waals surface area contributed by atoms with Crippen LogP contribution in [0.2, 0.25) is 0 Å². The van der Waals surface area contributed by atoms with Gasteiger partial charge in [-0.15, -0.1) is 0 Å². The average Bonchev–Trinajstić information content (AvgIpc) is 3.03. The van der Waals surface area contributed by atoms with Crippen LogP contribution < -0.4 is 9.47 Å². The molecule has 2 aliphatic rings. The molecule has 5 rings (SSSR count). The van der Waals surface area contributed by atoms with Crippen LogP contribution in [0, 0.1) is 6.92 Å². The van der Waals surface area contributed by atoms with Gasteiger partial charge in [-0.3, -0.25) is 0 Å². The SMILES string of the molecule is COc1ccc2c(c1)C(N1CCN(C(=O)OCc3ccccc3)[C@@H](C)C1)=Nc1ccc(C)cc1O2. The number of hydrogen-bond acceptors (Lipinski definition) is 6. The predicted octanol–water partition coefficient (Wildman–Crippen LogP) is 5.53. The number of ether oxygens (including phenoxy) is 3. The number of aryl methyl sites for hydroxylation is 1. The fourth-order valence-electron chi connectivity index (χ4n) is 4.45. The molecule has 2 heterocycles. The van der Waals surface area contributed by atoms with Crippen LogP contribution in [0.25, 0.3) is 0 Å². The van der Waals surface area contributed by atoms with E-state index in [1.807, 2.05) is 80.6 Å². The number of carbonyl (C=O) groups excluding carboxylic acids is 1. The highest BCUT2D eigenvalue weighted by molar-refractivity contribution is 6.04. The van der Waals surface area contributed by atoms with Crippen molar-refractivity contribution in [3.63, 3.8) is 0 Å². The van der Waals surface area contributed by atoms with Crippen LogP contribution in [-0.4, -0.2) is 54.5 Å². The van der Waals surface area contributed by atoms with E-state index >= 15 is 0 Å². The zero-order valence-electron chi connectivity index (χ0n) is 20.2. The molecule has 0 unspecified atom stereocenters. The van der Waals surface area contributed by atoms with Crippen molar-refractivity contribution in [3.05, 3.63) is 83.4 Å². The lowest BCUT2D eigenvalue weighted by atomic mass is 10.1. The maximum atomic E-state index is 12.8. The summed E-state index contributed by atoms with van der Waals surface area (Å²) >= 11 is 0. The Balaban J connectivity index is 1.38. The molecule has 0 N–H and O–H groups in total. The number of benzene rings is 3. The summed E-state index contributed by atoms with van der Waals surface area (Å²) < 4.78 is 17.4. The molecule has 0 radical (unpaired) electrons. The van der Waals surface area contributed by atoms with E-state index in [0.29, 0.717) is 19.6 Å². The molecule has 0 aliphatic carbocycles. The van der Waals surface area contributed by atoms with Crippen molar-refractivity contribution in [2.45, 2.75) is 26.5 Å². The first kappa shape index (κ1) is 22.8. The summed E-state index contributed by atoms with van der Waals surface area (Å²) in [5.41, 5.74) is 3.72. The van der Waals surface area contributed by atoms with Gasteiger partial charge in [-0.1, -0.05) is 36.4 Å². The number of aliphatic imine (C=N–C) groups is 1. The van der Waals surface area contributed by atoms with Crippen molar-refractivity contribution in [1.29, 1.82) is 0 Å². The van der Waals surface area contributed by atoms with Crippen molar-refractivity contribution < 1.29 is 19.0 Å². The number of nitrogens with zero attached hydrogens (tertiary/aromatic N) is 3. The summed E-state index contributed by atoms with van der Waals surface area (Å²) in [5, 5.41) is 0. The monoisotopic (exact) mass is 471 g/mol. The highest BCUT2D eigenvalue weighted by Gasteiger charge is 2.32. The normalized spacial score (nSPS) is 16.9. The lowest BCUT2D eigenvalue weighted by Crippen LogP contribution is -2.55. The zero-order valence-corrected chi connectivity index (χ0v) is 20.2. The number of amidine groups is 1. The minimum absolute atomic E-state index is 0.0505. The van der Waals surface area contributed by atoms with Gasteiger partial charge in [0.2, 0.25) is 0 Å². The summed E-state index contributed by atoms with van der Waals surface area (Å²) in [5.74, 6) is 3.00. The van der Waals surface area contributed by atoms with Crippen molar-refractivity contribution in [2.75, 3.05) is 26.7 Å². The Morgan fingerprint density at radius 1 is 1.06 bits per heavy atom. The molecule has 7 heteroatoms. The summed E-state index contributed by atoms with van der Waals surface area (Å²) in [6.45, 7) is 6.12. The highest BCUT2D eigenvalue weighted by Crippen LogP contribution is 2.40. The third-order valence-electron chi connectivity index (χ3n) is 6.36. The van der Waals surface area contributed by atoms with E-state index in [4.69, 9.17) is 19.2 Å². The second kappa shape index (κ2) is 9.70. The lowest BCUT2D eigenvalue weighted by Gasteiger charge is -2.40. The number of amides is 1. The summed E-state index contributed by atoms with van der Waals surface area (Å²) in [6, 6.07) is 21.4. The average molecular weight is 472 g/mol. The van der Waals surface area contributed by atoms with Crippen molar-refractivity contribution in [3.8, 4) is 17.2 Å². The number of methoxy groups -OCH3 is 1. The fraction of sp³-hybridized carbons (Fsp3) is 0.286. The van der Waals surface area contributed by atoms with Crippen LogP contribution in [0.5, 0.6) is 17.2 Å². The summed E-state index contributed by atoms with van der Waals surface area (Å²) in [4.78, 5) is 21.8. The Kier molecular flexibility index (Phi) is 6.31. The van der Waals surface area contributed by atoms with Gasteiger partial charge in [0.1, 0.15) is 29.6 Å². The van der Waals surface area contributed by atoms with Gasteiger partial charge in [-0.2, -0.15) is 0 Å². The van der Waals surface area contributed by atoms with Crippen molar-refractivity contribution in [1.82, 2.24) is 9.80 Å². The molecule has 0 spiro atoms. The van der Waals surface area contributed by atoms with Crippen LogP contribution in [-0.2, 0) is 11.3 Å². The molecule has 2 aliphatic heterocycles. The maximum Gasteiger partial charge on any atom is 0.410 e. The molecule has 0 bridgehead atoms. The van der Waals surface area contributed by atoms with Gasteiger partial charge in [0.25, 0.3) is 0 Å². The van der Waals surface area contributed by atoms with E-state index in [2.05, 4.69) is 4.90 Å². The quantitative estimate of drug-likeness (QED) is 0.503. The first-order chi connectivity index (χ1) is 17.0. The summed E-state index contributed by atoms with van der Waals surface area (Å²) in [6.07, 6.45) is -0.296. The molecule has 0 aromatic heterocycles. The third kappa shape index (κ3) is 4.80. The molecule has 180 valence electrons. The minimum Gasteiger partial charge on any atom is -0.497 e. The molecule has 0 saturated carbocycles. The van der Waals surface area contributed by atoms with Gasteiger partial charge in [0.15, 0.2) is 5.75 Å². The lowest BCUT2D eigenvalue weighted by molar-refractivity contribution is 0.0624. The van der Waals surface area contributed by atoms with Crippen molar-refractivity contribution in [2.24, 2.45) is 4.99 Å². The minimum atomic E-state index is -0.296. The Hall–Kier alpha value is -4.00. The van der Waals surface area contributed by atoms with Gasteiger partial charge < -0.3 is 24.0 Å². The van der Waals surface area contributed by atoms with Crippen LogP contribution in [0.3, 0.4) is 0 Å². The van der Waals surface area contributed by atoms with Gasteiger partial charge in [-0.25, -0.2) is 9.79 Å². The van der Waals surface area contributed by atoms with E-state index in [9.17, 15) is 4.79 Å². The molecule has 7 nitrogen and oxygen atoms in total. The highest BCUT2D eigenvalue weighted by atomic mass is 16.6. The van der Waals surface area contributed by atoms with Gasteiger partial charge in [-0.05, 0) is 55.3 Å². The van der Waals surface area contributed by atoms with Crippen LogP contribution in [0.15, 0.2) is 71.7 Å². The number of carbonyl (C=O) groups is 1. The second-order valence-electron chi connectivity index (χ2n) is 8.90. The largest absolute Gasteiger partial charge is 0.497 e. The first-order valence-corrected chi connectivity index (χ1v) is 11.8. The topological polar surface area (TPSA) is 63.6 Å². The molecule has 3 aromatic rings. The fourth-order valence-corrected chi connectivity index (χ4v) is 4.45. The number of fused-ring (bicyclic) bond motifs is 2. The van der Waals surface area contributed by atoms with E-state index in [1.54, 1.807) is 12.0 Å². The van der Waals surface area contributed by atoms with Crippen LogP contribution in [0.1, 0.15) is 23.6 Å². The summed E-state index contributed by atoms with van der Waals surface area (Å²) in [7, 11) is 1.65. The van der Waals surface area contributed by atoms with Gasteiger partial charge in [0.05, 0.1) is 12.7 Å². The molecule has 3 aromatic carbocycles. The Labute approximate surface area is 205 Å². The van der Waals surface area contributed by atoms with Gasteiger partial charge >= 0.3 is 6.09 Å². The Bertz CT molecular complexity index is 1260. The molecular formula is C28H29N3O4. The third-order valence-corrected chi connectivity index (χ3v) is 6.36. The molecule has 1 amide bonds. The molecular weight excluding hydrogens is 442 g/mol. The van der Waals surface area contributed by atoms with Crippen molar-refractivity contribution >= 4 is 17.6 Å². The van der Waals surface area contributed by atoms with E-state index in [1.165, 1.54) is 0 Å². The Morgan fingerprint density at radius 3 is 2.66 bits per heavy atom. The Morgan fingerprint density at radius 2 is 1.89 bits per heavy atom.